The summed E-state index contributed by atoms with van der Waals surface area (Å²) in [5.41, 5.74) is 1.23. The summed E-state index contributed by atoms with van der Waals surface area (Å²) >= 11 is 0. The smallest absolute Gasteiger partial charge is 0.270 e. The Labute approximate surface area is 111 Å². The molecule has 1 fully saturated rings. The highest BCUT2D eigenvalue weighted by Gasteiger charge is 2.27. The molecule has 5 nitrogen and oxygen atoms in total. The number of hydrogen-bond acceptors (Lipinski definition) is 3. The lowest BCUT2D eigenvalue weighted by atomic mass is 10.1. The molecule has 0 saturated carbocycles. The van der Waals surface area contributed by atoms with Gasteiger partial charge in [0.15, 0.2) is 0 Å². The molecule has 1 aliphatic heterocycles. The minimum absolute atomic E-state index is 0.0503. The molecule has 0 bridgehead atoms. The summed E-state index contributed by atoms with van der Waals surface area (Å²) < 4.78 is 0. The molecule has 0 atom stereocenters. The molecule has 0 radical (unpaired) electrons. The van der Waals surface area contributed by atoms with E-state index in [9.17, 15) is 9.59 Å². The second-order valence-corrected chi connectivity index (χ2v) is 4.33. The monoisotopic (exact) mass is 260 g/mol. The maximum absolute atomic E-state index is 12.1. The molecule has 2 N–H and O–H groups in total. The van der Waals surface area contributed by atoms with Crippen molar-refractivity contribution in [3.8, 4) is 0 Å². The molecular formula is C14H16N2O3. The van der Waals surface area contributed by atoms with Crippen LogP contribution < -0.4 is 5.32 Å². The Kier molecular flexibility index (Phi) is 4.30. The molecule has 1 aromatic carbocycles. The van der Waals surface area contributed by atoms with E-state index in [0.29, 0.717) is 13.0 Å². The third-order valence-corrected chi connectivity index (χ3v) is 2.82. The first kappa shape index (κ1) is 13.3. The quantitative estimate of drug-likeness (QED) is 0.770. The van der Waals surface area contributed by atoms with Gasteiger partial charge < -0.3 is 15.3 Å². The van der Waals surface area contributed by atoms with Crippen molar-refractivity contribution < 1.29 is 14.7 Å². The third-order valence-electron chi connectivity index (χ3n) is 2.82. The van der Waals surface area contributed by atoms with E-state index in [1.807, 2.05) is 30.3 Å². The van der Waals surface area contributed by atoms with Crippen molar-refractivity contribution in [2.45, 2.75) is 13.0 Å². The summed E-state index contributed by atoms with van der Waals surface area (Å²) in [5.74, 6) is -0.420. The van der Waals surface area contributed by atoms with E-state index in [2.05, 4.69) is 5.32 Å². The van der Waals surface area contributed by atoms with Gasteiger partial charge in [0.2, 0.25) is 5.91 Å². The van der Waals surface area contributed by atoms with Gasteiger partial charge in [-0.05, 0) is 12.0 Å². The van der Waals surface area contributed by atoms with Crippen molar-refractivity contribution in [1.82, 2.24) is 10.2 Å². The molecule has 0 spiro atoms. The molecule has 1 aromatic rings. The van der Waals surface area contributed by atoms with Crippen LogP contribution >= 0.6 is 0 Å². The lowest BCUT2D eigenvalue weighted by Gasteiger charge is -2.28. The predicted molar refractivity (Wildman–Crippen MR) is 69.8 cm³/mol. The second-order valence-electron chi connectivity index (χ2n) is 4.33. The van der Waals surface area contributed by atoms with Crippen LogP contribution in [0.4, 0.5) is 0 Å². The Morgan fingerprint density at radius 3 is 2.68 bits per heavy atom. The van der Waals surface area contributed by atoms with Crippen LogP contribution in [-0.4, -0.2) is 35.0 Å². The maximum Gasteiger partial charge on any atom is 0.270 e. The number of benzene rings is 1. The standard InChI is InChI=1S/C14H16N2O3/c17-8-4-7-12-14(19)16(10-13(18)15-12)9-11-5-2-1-3-6-11/h1-3,5-7,17H,4,8-10H2,(H,15,18). The van der Waals surface area contributed by atoms with Crippen molar-refractivity contribution in [3.05, 3.63) is 47.7 Å². The zero-order valence-electron chi connectivity index (χ0n) is 10.5. The van der Waals surface area contributed by atoms with E-state index in [0.717, 1.165) is 5.56 Å². The molecule has 1 heterocycles. The Bertz CT molecular complexity index is 497. The van der Waals surface area contributed by atoms with Gasteiger partial charge in [-0.15, -0.1) is 0 Å². The summed E-state index contributed by atoms with van der Waals surface area (Å²) in [6, 6.07) is 9.52. The van der Waals surface area contributed by atoms with E-state index < -0.39 is 0 Å². The van der Waals surface area contributed by atoms with Crippen LogP contribution in [0.25, 0.3) is 0 Å². The molecule has 100 valence electrons. The van der Waals surface area contributed by atoms with Gasteiger partial charge in [-0.25, -0.2) is 0 Å². The SMILES string of the molecule is O=C1CN(Cc2ccccc2)C(=O)C(=CCCO)N1. The summed E-state index contributed by atoms with van der Waals surface area (Å²) in [5, 5.41) is 11.3. The van der Waals surface area contributed by atoms with Crippen molar-refractivity contribution in [3.63, 3.8) is 0 Å². The van der Waals surface area contributed by atoms with Gasteiger partial charge in [-0.2, -0.15) is 0 Å². The number of piperazine rings is 1. The van der Waals surface area contributed by atoms with Crippen LogP contribution in [0.1, 0.15) is 12.0 Å². The summed E-state index contributed by atoms with van der Waals surface area (Å²) in [6.07, 6.45) is 1.90. The summed E-state index contributed by atoms with van der Waals surface area (Å²) in [6.45, 7) is 0.416. The van der Waals surface area contributed by atoms with E-state index in [-0.39, 0.29) is 30.7 Å². The fraction of sp³-hybridized carbons (Fsp3) is 0.286. The minimum Gasteiger partial charge on any atom is -0.396 e. The summed E-state index contributed by atoms with van der Waals surface area (Å²) in [7, 11) is 0. The number of amides is 2. The Balaban J connectivity index is 2.11. The van der Waals surface area contributed by atoms with Crippen molar-refractivity contribution in [1.29, 1.82) is 0 Å². The molecule has 19 heavy (non-hydrogen) atoms. The lowest BCUT2D eigenvalue weighted by molar-refractivity contribution is -0.137. The molecule has 1 aliphatic rings. The number of aliphatic hydroxyl groups excluding tert-OH is 1. The van der Waals surface area contributed by atoms with Crippen LogP contribution in [0.15, 0.2) is 42.1 Å². The van der Waals surface area contributed by atoms with Crippen LogP contribution in [0.5, 0.6) is 0 Å². The Morgan fingerprint density at radius 2 is 2.00 bits per heavy atom. The van der Waals surface area contributed by atoms with E-state index >= 15 is 0 Å². The first-order valence-corrected chi connectivity index (χ1v) is 6.15. The topological polar surface area (TPSA) is 69.6 Å². The van der Waals surface area contributed by atoms with Gasteiger partial charge in [-0.3, -0.25) is 9.59 Å². The third kappa shape index (κ3) is 3.42. The molecule has 2 rings (SSSR count). The number of carbonyl (C=O) groups excluding carboxylic acids is 2. The predicted octanol–water partition coefficient (Wildman–Crippen LogP) is 0.411. The molecule has 2 amide bonds. The van der Waals surface area contributed by atoms with Crippen LogP contribution in [0.2, 0.25) is 0 Å². The van der Waals surface area contributed by atoms with Crippen LogP contribution in [-0.2, 0) is 16.1 Å². The fourth-order valence-electron chi connectivity index (χ4n) is 1.94. The van der Waals surface area contributed by atoms with Crippen molar-refractivity contribution >= 4 is 11.8 Å². The minimum atomic E-state index is -0.211. The second kappa shape index (κ2) is 6.15. The first-order chi connectivity index (χ1) is 9.20. The number of hydrogen-bond donors (Lipinski definition) is 2. The number of aliphatic hydroxyl groups is 1. The Hall–Kier alpha value is -2.14. The van der Waals surface area contributed by atoms with Gasteiger partial charge in [-0.1, -0.05) is 36.4 Å². The normalized spacial score (nSPS) is 17.7. The number of nitrogens with zero attached hydrogens (tertiary/aromatic N) is 1. The largest absolute Gasteiger partial charge is 0.396 e. The maximum atomic E-state index is 12.1. The zero-order chi connectivity index (χ0) is 13.7. The lowest BCUT2D eigenvalue weighted by Crippen LogP contribution is -2.49. The fourth-order valence-corrected chi connectivity index (χ4v) is 1.94. The van der Waals surface area contributed by atoms with E-state index in [1.54, 1.807) is 6.08 Å². The number of carbonyl (C=O) groups is 2. The van der Waals surface area contributed by atoms with Crippen molar-refractivity contribution in [2.24, 2.45) is 0 Å². The number of nitrogens with one attached hydrogen (secondary N) is 1. The molecule has 5 heteroatoms. The van der Waals surface area contributed by atoms with E-state index in [4.69, 9.17) is 5.11 Å². The van der Waals surface area contributed by atoms with Gasteiger partial charge in [0, 0.05) is 13.2 Å². The summed E-state index contributed by atoms with van der Waals surface area (Å²) in [4.78, 5) is 25.2. The average molecular weight is 260 g/mol. The zero-order valence-corrected chi connectivity index (χ0v) is 10.5. The number of rotatable bonds is 4. The molecular weight excluding hydrogens is 244 g/mol. The molecule has 0 aliphatic carbocycles. The molecule has 1 saturated heterocycles. The van der Waals surface area contributed by atoms with Crippen molar-refractivity contribution in [2.75, 3.05) is 13.2 Å². The molecule has 0 unspecified atom stereocenters. The van der Waals surface area contributed by atoms with E-state index in [1.165, 1.54) is 4.90 Å². The van der Waals surface area contributed by atoms with Gasteiger partial charge in [0.25, 0.3) is 5.91 Å². The highest BCUT2D eigenvalue weighted by molar-refractivity contribution is 6.02. The Morgan fingerprint density at radius 1 is 1.26 bits per heavy atom. The average Bonchev–Trinajstić information content (AvgIpc) is 2.42. The van der Waals surface area contributed by atoms with Gasteiger partial charge >= 0.3 is 0 Å². The van der Waals surface area contributed by atoms with Crippen LogP contribution in [0, 0.1) is 0 Å². The molecule has 0 aromatic heterocycles. The van der Waals surface area contributed by atoms with Gasteiger partial charge in [0.05, 0.1) is 0 Å². The highest BCUT2D eigenvalue weighted by atomic mass is 16.3. The van der Waals surface area contributed by atoms with Gasteiger partial charge in [0.1, 0.15) is 12.2 Å². The van der Waals surface area contributed by atoms with Crippen LogP contribution in [0.3, 0.4) is 0 Å². The first-order valence-electron chi connectivity index (χ1n) is 6.15. The highest BCUT2D eigenvalue weighted by Crippen LogP contribution is 2.11.